The van der Waals surface area contributed by atoms with E-state index >= 15 is 0 Å². The molecule has 0 radical (unpaired) electrons. The summed E-state index contributed by atoms with van der Waals surface area (Å²) in [4.78, 5) is 0. The van der Waals surface area contributed by atoms with Crippen molar-refractivity contribution in [1.82, 2.24) is 0 Å². The van der Waals surface area contributed by atoms with E-state index in [4.69, 9.17) is 9.47 Å². The second kappa shape index (κ2) is 6.03. The molecule has 0 bridgehead atoms. The number of hydrogen-bond acceptors (Lipinski definition) is 3. The van der Waals surface area contributed by atoms with Gasteiger partial charge in [-0.2, -0.15) is 0 Å². The molecule has 2 aliphatic carbocycles. The topological polar surface area (TPSA) is 38.7 Å². The van der Waals surface area contributed by atoms with Gasteiger partial charge < -0.3 is 14.6 Å². The Morgan fingerprint density at radius 1 is 1.08 bits per heavy atom. The molecule has 3 heteroatoms. The Labute approximate surface area is 146 Å². The van der Waals surface area contributed by atoms with Crippen molar-refractivity contribution in [2.75, 3.05) is 7.11 Å². The summed E-state index contributed by atoms with van der Waals surface area (Å²) in [7, 11) is 1.67. The number of methoxy groups -OCH3 is 1. The van der Waals surface area contributed by atoms with Gasteiger partial charge in [-0.15, -0.1) is 0 Å². The lowest BCUT2D eigenvalue weighted by atomic mass is 9.62. The van der Waals surface area contributed by atoms with Crippen LogP contribution in [-0.2, 0) is 10.3 Å². The van der Waals surface area contributed by atoms with Gasteiger partial charge in [0.05, 0.1) is 24.4 Å². The van der Waals surface area contributed by atoms with Gasteiger partial charge in [0.2, 0.25) is 0 Å². The smallest absolute Gasteiger partial charge is 0.118 e. The van der Waals surface area contributed by atoms with E-state index in [1.54, 1.807) is 7.11 Å². The van der Waals surface area contributed by atoms with Gasteiger partial charge in [0.25, 0.3) is 0 Å². The molecule has 0 spiro atoms. The van der Waals surface area contributed by atoms with Gasteiger partial charge in [0.15, 0.2) is 0 Å². The van der Waals surface area contributed by atoms with Gasteiger partial charge in [-0.25, -0.2) is 0 Å². The van der Waals surface area contributed by atoms with Gasteiger partial charge >= 0.3 is 0 Å². The fraction of sp³-hybridized carbons (Fsp3) is 0.714. The van der Waals surface area contributed by atoms with Crippen molar-refractivity contribution >= 4 is 0 Å². The minimum absolute atomic E-state index is 0.105. The van der Waals surface area contributed by atoms with Crippen molar-refractivity contribution in [3.05, 3.63) is 29.8 Å². The highest BCUT2D eigenvalue weighted by molar-refractivity contribution is 5.31. The van der Waals surface area contributed by atoms with E-state index in [1.165, 1.54) is 0 Å². The van der Waals surface area contributed by atoms with E-state index in [-0.39, 0.29) is 11.0 Å². The number of aliphatic hydroxyl groups is 1. The maximum atomic E-state index is 11.3. The molecule has 134 valence electrons. The first-order valence-electron chi connectivity index (χ1n) is 9.21. The molecule has 0 heterocycles. The van der Waals surface area contributed by atoms with Crippen molar-refractivity contribution < 1.29 is 14.6 Å². The predicted octanol–water partition coefficient (Wildman–Crippen LogP) is 4.67. The molecule has 0 amide bonds. The summed E-state index contributed by atoms with van der Waals surface area (Å²) < 4.78 is 11.6. The molecule has 1 N–H and O–H groups in total. The molecule has 2 saturated carbocycles. The Morgan fingerprint density at radius 2 is 1.75 bits per heavy atom. The van der Waals surface area contributed by atoms with Gasteiger partial charge in [-0.1, -0.05) is 19.1 Å². The highest BCUT2D eigenvalue weighted by Crippen LogP contribution is 2.58. The maximum absolute atomic E-state index is 11.3. The van der Waals surface area contributed by atoms with Crippen molar-refractivity contribution in [2.24, 2.45) is 11.3 Å². The average molecular weight is 332 g/mol. The number of hydrogen-bond donors (Lipinski definition) is 1. The van der Waals surface area contributed by atoms with Crippen LogP contribution in [0.1, 0.15) is 65.4 Å². The number of fused-ring (bicyclic) bond motifs is 1. The van der Waals surface area contributed by atoms with Gasteiger partial charge in [-0.3, -0.25) is 0 Å². The summed E-state index contributed by atoms with van der Waals surface area (Å²) in [6.45, 7) is 8.79. The lowest BCUT2D eigenvalue weighted by Crippen LogP contribution is -2.46. The van der Waals surface area contributed by atoms with E-state index < -0.39 is 5.60 Å². The quantitative estimate of drug-likeness (QED) is 0.874. The second-order valence-corrected chi connectivity index (χ2v) is 8.96. The lowest BCUT2D eigenvalue weighted by Gasteiger charge is -2.48. The van der Waals surface area contributed by atoms with Crippen LogP contribution in [0.15, 0.2) is 24.3 Å². The summed E-state index contributed by atoms with van der Waals surface area (Å²) in [5.74, 6) is 1.35. The molecule has 0 unspecified atom stereocenters. The molecule has 24 heavy (non-hydrogen) atoms. The molecule has 0 saturated heterocycles. The van der Waals surface area contributed by atoms with Crippen molar-refractivity contribution in [3.8, 4) is 5.75 Å². The molecule has 1 aromatic rings. The first kappa shape index (κ1) is 17.8. The van der Waals surface area contributed by atoms with Crippen LogP contribution >= 0.6 is 0 Å². The zero-order valence-corrected chi connectivity index (χ0v) is 15.8. The van der Waals surface area contributed by atoms with Gasteiger partial charge in [0.1, 0.15) is 5.75 Å². The van der Waals surface area contributed by atoms with Crippen LogP contribution in [0.25, 0.3) is 0 Å². The highest BCUT2D eigenvalue weighted by Gasteiger charge is 2.54. The molecular weight excluding hydrogens is 300 g/mol. The Morgan fingerprint density at radius 3 is 2.33 bits per heavy atom. The summed E-state index contributed by atoms with van der Waals surface area (Å²) >= 11 is 0. The molecule has 0 aromatic heterocycles. The summed E-state index contributed by atoms with van der Waals surface area (Å²) in [6.07, 6.45) is 5.21. The molecule has 0 aliphatic heterocycles. The van der Waals surface area contributed by atoms with Gasteiger partial charge in [-0.05, 0) is 81.9 Å². The SMILES string of the molecule is COc1ccc([C@]2(O)CC[C@@]3(C)[C@@H](CC[C@@H]3OC(C)(C)C)C2)cc1. The van der Waals surface area contributed by atoms with Crippen LogP contribution in [0.2, 0.25) is 0 Å². The Balaban J connectivity index is 1.77. The molecule has 2 fully saturated rings. The fourth-order valence-corrected chi connectivity index (χ4v) is 4.74. The number of ether oxygens (including phenoxy) is 2. The van der Waals surface area contributed by atoms with Crippen LogP contribution in [0, 0.1) is 11.3 Å². The number of benzene rings is 1. The zero-order chi connectivity index (χ0) is 17.6. The van der Waals surface area contributed by atoms with E-state index in [2.05, 4.69) is 27.7 Å². The van der Waals surface area contributed by atoms with Crippen LogP contribution in [0.5, 0.6) is 5.75 Å². The first-order valence-corrected chi connectivity index (χ1v) is 9.21. The highest BCUT2D eigenvalue weighted by atomic mass is 16.5. The van der Waals surface area contributed by atoms with Crippen molar-refractivity contribution in [1.29, 1.82) is 0 Å². The minimum Gasteiger partial charge on any atom is -0.497 e. The van der Waals surface area contributed by atoms with E-state index in [0.29, 0.717) is 12.0 Å². The van der Waals surface area contributed by atoms with Gasteiger partial charge in [0, 0.05) is 0 Å². The van der Waals surface area contributed by atoms with Crippen LogP contribution in [-0.4, -0.2) is 23.9 Å². The summed E-state index contributed by atoms with van der Waals surface area (Å²) in [5, 5.41) is 11.3. The third-order valence-electron chi connectivity index (χ3n) is 6.23. The monoisotopic (exact) mass is 332 g/mol. The molecule has 2 aliphatic rings. The largest absolute Gasteiger partial charge is 0.497 e. The minimum atomic E-state index is -0.715. The molecule has 1 aromatic carbocycles. The van der Waals surface area contributed by atoms with Crippen LogP contribution in [0.4, 0.5) is 0 Å². The Kier molecular flexibility index (Phi) is 4.46. The zero-order valence-electron chi connectivity index (χ0n) is 15.8. The Hall–Kier alpha value is -1.06. The maximum Gasteiger partial charge on any atom is 0.118 e. The third kappa shape index (κ3) is 3.21. The standard InChI is InChI=1S/C21H32O3/c1-19(2,3)24-18-11-8-16-14-21(22,13-12-20(16,18)4)15-6-9-17(23-5)10-7-15/h6-7,9-10,16,18,22H,8,11-14H2,1-5H3/t16-,18-,20-,21-/m0/s1. The molecule has 3 rings (SSSR count). The van der Waals surface area contributed by atoms with Crippen LogP contribution in [0.3, 0.4) is 0 Å². The number of rotatable bonds is 3. The van der Waals surface area contributed by atoms with E-state index in [1.807, 2.05) is 24.3 Å². The average Bonchev–Trinajstić information content (AvgIpc) is 2.82. The fourth-order valence-electron chi connectivity index (χ4n) is 4.74. The lowest BCUT2D eigenvalue weighted by molar-refractivity contribution is -0.140. The molecule has 3 nitrogen and oxygen atoms in total. The first-order chi connectivity index (χ1) is 11.2. The summed E-state index contributed by atoms with van der Waals surface area (Å²) in [5.41, 5.74) is 0.385. The molecular formula is C21H32O3. The van der Waals surface area contributed by atoms with Crippen molar-refractivity contribution in [2.45, 2.75) is 77.1 Å². The second-order valence-electron chi connectivity index (χ2n) is 8.96. The third-order valence-corrected chi connectivity index (χ3v) is 6.23. The van der Waals surface area contributed by atoms with E-state index in [0.717, 1.165) is 43.4 Å². The van der Waals surface area contributed by atoms with E-state index in [9.17, 15) is 5.11 Å². The summed E-state index contributed by atoms with van der Waals surface area (Å²) in [6, 6.07) is 7.92. The predicted molar refractivity (Wildman–Crippen MR) is 96.2 cm³/mol. The normalized spacial score (nSPS) is 36.4. The van der Waals surface area contributed by atoms with Crippen LogP contribution < -0.4 is 4.74 Å². The molecule has 4 atom stereocenters. The van der Waals surface area contributed by atoms with Crippen molar-refractivity contribution in [3.63, 3.8) is 0 Å². The Bertz CT molecular complexity index is 574.